The second-order valence-corrected chi connectivity index (χ2v) is 9.06. The molecular formula is C27H37N3O3. The minimum Gasteiger partial charge on any atom is -0.445 e. The van der Waals surface area contributed by atoms with Crippen LogP contribution in [-0.2, 0) is 22.6 Å². The molecule has 3 rings (SSSR count). The Bertz CT molecular complexity index is 873. The van der Waals surface area contributed by atoms with Crippen molar-refractivity contribution in [2.45, 2.75) is 51.8 Å². The second-order valence-electron chi connectivity index (χ2n) is 9.06. The van der Waals surface area contributed by atoms with Gasteiger partial charge in [0.2, 0.25) is 5.91 Å². The lowest BCUT2D eigenvalue weighted by molar-refractivity contribution is -0.135. The molecule has 2 aromatic rings. The average molecular weight is 452 g/mol. The number of likely N-dealkylation sites (N-methyl/N-ethyl adjacent to an activating group) is 1. The quantitative estimate of drug-likeness (QED) is 0.591. The molecule has 1 saturated heterocycles. The number of nitrogens with one attached hydrogen (secondary N) is 1. The molecule has 0 spiro atoms. The summed E-state index contributed by atoms with van der Waals surface area (Å²) in [6.07, 6.45) is 2.26. The van der Waals surface area contributed by atoms with Gasteiger partial charge in [-0.3, -0.25) is 4.79 Å². The third-order valence-electron chi connectivity index (χ3n) is 6.31. The first kappa shape index (κ1) is 24.8. The summed E-state index contributed by atoms with van der Waals surface area (Å²) < 4.78 is 5.66. The molecule has 33 heavy (non-hydrogen) atoms. The van der Waals surface area contributed by atoms with E-state index < -0.39 is 0 Å². The van der Waals surface area contributed by atoms with Gasteiger partial charge in [0.1, 0.15) is 6.61 Å². The first-order valence-corrected chi connectivity index (χ1v) is 12.0. The van der Waals surface area contributed by atoms with Gasteiger partial charge in [0.15, 0.2) is 0 Å². The van der Waals surface area contributed by atoms with Crippen molar-refractivity contribution in [1.29, 1.82) is 0 Å². The van der Waals surface area contributed by atoms with E-state index in [1.807, 2.05) is 60.5 Å². The minimum absolute atomic E-state index is 0.00662. The fraction of sp³-hybridized carbons (Fsp3) is 0.481. The van der Waals surface area contributed by atoms with Gasteiger partial charge in [0, 0.05) is 25.7 Å². The molecule has 2 amide bonds. The van der Waals surface area contributed by atoms with E-state index in [4.69, 9.17) is 4.74 Å². The topological polar surface area (TPSA) is 61.9 Å². The van der Waals surface area contributed by atoms with Crippen LogP contribution < -0.4 is 5.32 Å². The van der Waals surface area contributed by atoms with Crippen molar-refractivity contribution < 1.29 is 14.3 Å². The summed E-state index contributed by atoms with van der Waals surface area (Å²) in [5.41, 5.74) is 2.13. The summed E-state index contributed by atoms with van der Waals surface area (Å²) in [4.78, 5) is 30.0. The number of benzene rings is 2. The highest BCUT2D eigenvalue weighted by atomic mass is 16.6. The Morgan fingerprint density at radius 1 is 1.06 bits per heavy atom. The van der Waals surface area contributed by atoms with Crippen LogP contribution in [0, 0.1) is 5.92 Å². The molecule has 178 valence electrons. The maximum absolute atomic E-state index is 13.2. The Morgan fingerprint density at radius 2 is 1.70 bits per heavy atom. The zero-order valence-corrected chi connectivity index (χ0v) is 20.1. The van der Waals surface area contributed by atoms with E-state index in [1.165, 1.54) is 5.56 Å². The molecule has 0 aromatic heterocycles. The first-order valence-electron chi connectivity index (χ1n) is 12.0. The van der Waals surface area contributed by atoms with Crippen LogP contribution in [0.3, 0.4) is 0 Å². The van der Waals surface area contributed by atoms with Gasteiger partial charge >= 0.3 is 6.09 Å². The second kappa shape index (κ2) is 12.4. The molecule has 2 aromatic carbocycles. The van der Waals surface area contributed by atoms with Crippen LogP contribution in [0.4, 0.5) is 4.79 Å². The van der Waals surface area contributed by atoms with Crippen LogP contribution in [0.5, 0.6) is 0 Å². The highest BCUT2D eigenvalue weighted by molar-refractivity contribution is 5.82. The van der Waals surface area contributed by atoms with Crippen LogP contribution in [0.2, 0.25) is 0 Å². The molecule has 1 N–H and O–H groups in total. The summed E-state index contributed by atoms with van der Waals surface area (Å²) in [5.74, 6) is 0.324. The van der Waals surface area contributed by atoms with Crippen LogP contribution in [0.1, 0.15) is 37.8 Å². The molecule has 1 fully saturated rings. The predicted molar refractivity (Wildman–Crippen MR) is 131 cm³/mol. The number of hydrogen-bond acceptors (Lipinski definition) is 4. The minimum atomic E-state index is -0.330. The largest absolute Gasteiger partial charge is 0.445 e. The molecule has 6 heteroatoms. The van der Waals surface area contributed by atoms with Gasteiger partial charge in [-0.2, -0.15) is 0 Å². The van der Waals surface area contributed by atoms with E-state index in [0.717, 1.165) is 31.4 Å². The summed E-state index contributed by atoms with van der Waals surface area (Å²) in [6.45, 7) is 6.12. The third-order valence-corrected chi connectivity index (χ3v) is 6.31. The lowest BCUT2D eigenvalue weighted by Gasteiger charge is -2.33. The molecule has 6 nitrogen and oxygen atoms in total. The third kappa shape index (κ3) is 7.06. The van der Waals surface area contributed by atoms with E-state index in [9.17, 15) is 9.59 Å². The molecule has 0 saturated carbocycles. The van der Waals surface area contributed by atoms with Gasteiger partial charge in [-0.05, 0) is 43.4 Å². The van der Waals surface area contributed by atoms with Crippen LogP contribution >= 0.6 is 0 Å². The Hall–Kier alpha value is -2.86. The SMILES string of the molecule is CN[C@H](C(=O)N1CCC[C@H]1CN(CCc1ccccc1)C(=O)OCc1ccccc1)C(C)C. The van der Waals surface area contributed by atoms with E-state index in [-0.39, 0.29) is 36.6 Å². The summed E-state index contributed by atoms with van der Waals surface area (Å²) in [6, 6.07) is 19.6. The smallest absolute Gasteiger partial charge is 0.410 e. The van der Waals surface area contributed by atoms with Gasteiger partial charge in [-0.15, -0.1) is 0 Å². The highest BCUT2D eigenvalue weighted by Gasteiger charge is 2.35. The number of rotatable bonds is 10. The number of hydrogen-bond donors (Lipinski definition) is 1. The van der Waals surface area contributed by atoms with Crippen molar-refractivity contribution in [3.05, 3.63) is 71.8 Å². The first-order chi connectivity index (χ1) is 16.0. The van der Waals surface area contributed by atoms with Crippen molar-refractivity contribution in [2.24, 2.45) is 5.92 Å². The fourth-order valence-corrected chi connectivity index (χ4v) is 4.47. The van der Waals surface area contributed by atoms with Crippen LogP contribution in [0.15, 0.2) is 60.7 Å². The molecule has 2 atom stereocenters. The number of carbonyl (C=O) groups excluding carboxylic acids is 2. The number of carbonyl (C=O) groups is 2. The maximum atomic E-state index is 13.2. The summed E-state index contributed by atoms with van der Waals surface area (Å²) >= 11 is 0. The Morgan fingerprint density at radius 3 is 2.30 bits per heavy atom. The molecule has 0 radical (unpaired) electrons. The van der Waals surface area contributed by atoms with Crippen molar-refractivity contribution in [2.75, 3.05) is 26.7 Å². The number of nitrogens with zero attached hydrogens (tertiary/aromatic N) is 2. The average Bonchev–Trinajstić information content (AvgIpc) is 3.30. The van der Waals surface area contributed by atoms with Gasteiger partial charge < -0.3 is 19.9 Å². The van der Waals surface area contributed by atoms with Crippen molar-refractivity contribution >= 4 is 12.0 Å². The van der Waals surface area contributed by atoms with Crippen LogP contribution in [0.25, 0.3) is 0 Å². The standard InChI is InChI=1S/C27H37N3O3/c1-21(2)25(28-3)26(31)30-17-10-15-24(30)19-29(18-16-22-11-6-4-7-12-22)27(32)33-20-23-13-8-5-9-14-23/h4-9,11-14,21,24-25,28H,10,15-20H2,1-3H3/t24-,25-/m0/s1. The van der Waals surface area contributed by atoms with Gasteiger partial charge in [0.25, 0.3) is 0 Å². The zero-order valence-electron chi connectivity index (χ0n) is 20.1. The number of likely N-dealkylation sites (tertiary alicyclic amines) is 1. The van der Waals surface area contributed by atoms with E-state index in [1.54, 1.807) is 4.90 Å². The van der Waals surface area contributed by atoms with Crippen molar-refractivity contribution in [1.82, 2.24) is 15.1 Å². The molecular weight excluding hydrogens is 414 g/mol. The lowest BCUT2D eigenvalue weighted by atomic mass is 10.0. The van der Waals surface area contributed by atoms with E-state index in [2.05, 4.69) is 31.3 Å². The fourth-order valence-electron chi connectivity index (χ4n) is 4.47. The van der Waals surface area contributed by atoms with Gasteiger partial charge in [0.05, 0.1) is 6.04 Å². The van der Waals surface area contributed by atoms with Crippen LogP contribution in [-0.4, -0.2) is 60.6 Å². The Labute approximate surface area is 197 Å². The molecule has 1 aliphatic heterocycles. The molecule has 0 unspecified atom stereocenters. The van der Waals surface area contributed by atoms with Gasteiger partial charge in [-0.25, -0.2) is 4.79 Å². The zero-order chi connectivity index (χ0) is 23.6. The lowest BCUT2D eigenvalue weighted by Crippen LogP contribution is -2.52. The molecule has 0 aliphatic carbocycles. The van der Waals surface area contributed by atoms with E-state index >= 15 is 0 Å². The monoisotopic (exact) mass is 451 g/mol. The van der Waals surface area contributed by atoms with Crippen molar-refractivity contribution in [3.63, 3.8) is 0 Å². The van der Waals surface area contributed by atoms with Gasteiger partial charge in [-0.1, -0.05) is 74.5 Å². The normalized spacial score (nSPS) is 16.6. The molecule has 0 bridgehead atoms. The molecule has 1 heterocycles. The Balaban J connectivity index is 1.69. The molecule has 1 aliphatic rings. The van der Waals surface area contributed by atoms with Crippen molar-refractivity contribution in [3.8, 4) is 0 Å². The number of amides is 2. The Kier molecular flexibility index (Phi) is 9.31. The maximum Gasteiger partial charge on any atom is 0.410 e. The van der Waals surface area contributed by atoms with E-state index in [0.29, 0.717) is 13.1 Å². The highest BCUT2D eigenvalue weighted by Crippen LogP contribution is 2.22. The number of ether oxygens (including phenoxy) is 1. The summed E-state index contributed by atoms with van der Waals surface area (Å²) in [5, 5.41) is 3.16. The summed E-state index contributed by atoms with van der Waals surface area (Å²) in [7, 11) is 1.83. The predicted octanol–water partition coefficient (Wildman–Crippen LogP) is 4.10.